The van der Waals surface area contributed by atoms with Crippen molar-refractivity contribution in [3.63, 3.8) is 0 Å². The lowest BCUT2D eigenvalue weighted by Crippen LogP contribution is -2.15. The van der Waals surface area contributed by atoms with Crippen LogP contribution in [0.4, 0.5) is 0 Å². The quantitative estimate of drug-likeness (QED) is 0.635. The van der Waals surface area contributed by atoms with Crippen LogP contribution in [-0.4, -0.2) is 30.7 Å². The summed E-state index contributed by atoms with van der Waals surface area (Å²) in [6.07, 6.45) is 0. The molecule has 3 rings (SSSR count). The van der Waals surface area contributed by atoms with E-state index in [1.807, 2.05) is 36.7 Å². The van der Waals surface area contributed by atoms with Gasteiger partial charge in [0.2, 0.25) is 0 Å². The Morgan fingerprint density at radius 2 is 1.86 bits per heavy atom. The first-order chi connectivity index (χ1) is 13.3. The number of benzene rings is 2. The Kier molecular flexibility index (Phi) is 5.71. The zero-order valence-electron chi connectivity index (χ0n) is 16.2. The van der Waals surface area contributed by atoms with Crippen LogP contribution in [0, 0.1) is 0 Å². The van der Waals surface area contributed by atoms with Gasteiger partial charge in [-0.25, -0.2) is 8.42 Å². The minimum atomic E-state index is -3.37. The molecule has 0 saturated carbocycles. The van der Waals surface area contributed by atoms with Gasteiger partial charge in [-0.2, -0.15) is 4.99 Å². The monoisotopic (exact) mass is 418 g/mol. The first-order valence-corrected chi connectivity index (χ1v) is 11.3. The molecule has 1 amide bonds. The van der Waals surface area contributed by atoms with Crippen molar-refractivity contribution in [2.24, 2.45) is 12.0 Å². The molecule has 28 heavy (non-hydrogen) atoms. The van der Waals surface area contributed by atoms with Crippen molar-refractivity contribution in [1.82, 2.24) is 4.57 Å². The number of sulfone groups is 1. The molecular formula is C20H22N2O4S2. The maximum atomic E-state index is 12.6. The van der Waals surface area contributed by atoms with Gasteiger partial charge in [-0.3, -0.25) is 4.79 Å². The lowest BCUT2D eigenvalue weighted by molar-refractivity contribution is 0.0998. The second-order valence-corrected chi connectivity index (χ2v) is 10.0. The molecular weight excluding hydrogens is 396 g/mol. The fourth-order valence-electron chi connectivity index (χ4n) is 2.76. The van der Waals surface area contributed by atoms with Crippen LogP contribution in [0.5, 0.6) is 5.75 Å². The lowest BCUT2D eigenvalue weighted by atomic mass is 10.2. The summed E-state index contributed by atoms with van der Waals surface area (Å²) in [5.74, 6) is 0.324. The SMILES string of the molecule is CCOc1cccc2sc(=NC(=O)c3ccc(S(=O)(=O)C(C)C)cc3)n(C)c12. The summed E-state index contributed by atoms with van der Waals surface area (Å²) in [5.41, 5.74) is 1.23. The zero-order chi connectivity index (χ0) is 20.5. The molecule has 0 N–H and O–H groups in total. The van der Waals surface area contributed by atoms with Gasteiger partial charge in [-0.15, -0.1) is 0 Å². The van der Waals surface area contributed by atoms with Gasteiger partial charge in [0.15, 0.2) is 14.6 Å². The van der Waals surface area contributed by atoms with E-state index in [2.05, 4.69) is 4.99 Å². The normalized spacial score (nSPS) is 12.7. The summed E-state index contributed by atoms with van der Waals surface area (Å²) in [6.45, 7) is 5.72. The lowest BCUT2D eigenvalue weighted by Gasteiger charge is -2.07. The topological polar surface area (TPSA) is 77.7 Å². The Labute approximate surface area is 168 Å². The van der Waals surface area contributed by atoms with E-state index >= 15 is 0 Å². The number of thiazole rings is 1. The van der Waals surface area contributed by atoms with Crippen LogP contribution in [-0.2, 0) is 16.9 Å². The second-order valence-electron chi connectivity index (χ2n) is 6.51. The molecule has 0 aliphatic rings. The molecule has 0 fully saturated rings. The van der Waals surface area contributed by atoms with Gasteiger partial charge in [0.1, 0.15) is 11.3 Å². The van der Waals surface area contributed by atoms with E-state index < -0.39 is 21.0 Å². The Morgan fingerprint density at radius 3 is 2.46 bits per heavy atom. The average Bonchev–Trinajstić information content (AvgIpc) is 2.98. The van der Waals surface area contributed by atoms with E-state index in [0.29, 0.717) is 17.0 Å². The van der Waals surface area contributed by atoms with Crippen LogP contribution in [0.15, 0.2) is 52.4 Å². The Balaban J connectivity index is 1.99. The predicted molar refractivity (Wildman–Crippen MR) is 111 cm³/mol. The molecule has 2 aromatic carbocycles. The summed E-state index contributed by atoms with van der Waals surface area (Å²) < 4.78 is 32.9. The van der Waals surface area contributed by atoms with Crippen LogP contribution in [0.1, 0.15) is 31.1 Å². The van der Waals surface area contributed by atoms with Crippen molar-refractivity contribution in [1.29, 1.82) is 0 Å². The minimum absolute atomic E-state index is 0.202. The van der Waals surface area contributed by atoms with Crippen molar-refractivity contribution in [2.75, 3.05) is 6.61 Å². The van der Waals surface area contributed by atoms with Crippen molar-refractivity contribution in [3.8, 4) is 5.75 Å². The Hall–Kier alpha value is -2.45. The van der Waals surface area contributed by atoms with Crippen LogP contribution in [0.3, 0.4) is 0 Å². The molecule has 1 aromatic heterocycles. The van der Waals surface area contributed by atoms with Crippen molar-refractivity contribution in [2.45, 2.75) is 30.9 Å². The molecule has 0 unspecified atom stereocenters. The van der Waals surface area contributed by atoms with E-state index in [9.17, 15) is 13.2 Å². The summed E-state index contributed by atoms with van der Waals surface area (Å²) in [5, 5.41) is -0.518. The number of carbonyl (C=O) groups excluding carboxylic acids is 1. The van der Waals surface area contributed by atoms with E-state index in [-0.39, 0.29) is 4.90 Å². The number of rotatable bonds is 5. The highest BCUT2D eigenvalue weighted by Crippen LogP contribution is 2.27. The third-order valence-corrected chi connectivity index (χ3v) is 7.60. The average molecular weight is 419 g/mol. The molecule has 6 nitrogen and oxygen atoms in total. The van der Waals surface area contributed by atoms with E-state index in [1.165, 1.54) is 35.6 Å². The van der Waals surface area contributed by atoms with Crippen LogP contribution < -0.4 is 9.54 Å². The molecule has 0 atom stereocenters. The molecule has 0 aliphatic heterocycles. The van der Waals surface area contributed by atoms with Crippen molar-refractivity contribution < 1.29 is 17.9 Å². The molecule has 0 bridgehead atoms. The van der Waals surface area contributed by atoms with Crippen LogP contribution in [0.2, 0.25) is 0 Å². The highest BCUT2D eigenvalue weighted by Gasteiger charge is 2.19. The number of fused-ring (bicyclic) bond motifs is 1. The molecule has 0 spiro atoms. The number of ether oxygens (including phenoxy) is 1. The Morgan fingerprint density at radius 1 is 1.18 bits per heavy atom. The van der Waals surface area contributed by atoms with Gasteiger partial charge in [0.25, 0.3) is 5.91 Å². The fourth-order valence-corrected chi connectivity index (χ4v) is 4.85. The minimum Gasteiger partial charge on any atom is -0.492 e. The number of aromatic nitrogens is 1. The van der Waals surface area contributed by atoms with E-state index in [0.717, 1.165) is 16.0 Å². The smallest absolute Gasteiger partial charge is 0.279 e. The maximum absolute atomic E-state index is 12.6. The number of para-hydroxylation sites is 1. The van der Waals surface area contributed by atoms with Crippen LogP contribution in [0.25, 0.3) is 10.2 Å². The fraction of sp³-hybridized carbons (Fsp3) is 0.300. The maximum Gasteiger partial charge on any atom is 0.279 e. The van der Waals surface area contributed by atoms with Gasteiger partial charge in [-0.05, 0) is 57.2 Å². The van der Waals surface area contributed by atoms with Crippen LogP contribution >= 0.6 is 11.3 Å². The summed E-state index contributed by atoms with van der Waals surface area (Å²) >= 11 is 1.40. The van der Waals surface area contributed by atoms with Crippen molar-refractivity contribution >= 4 is 37.3 Å². The van der Waals surface area contributed by atoms with E-state index in [1.54, 1.807) is 13.8 Å². The second kappa shape index (κ2) is 7.89. The van der Waals surface area contributed by atoms with Gasteiger partial charge in [0, 0.05) is 12.6 Å². The molecule has 0 aliphatic carbocycles. The molecule has 1 heterocycles. The first kappa shape index (κ1) is 20.3. The molecule has 8 heteroatoms. The van der Waals surface area contributed by atoms with Gasteiger partial charge < -0.3 is 9.30 Å². The third-order valence-electron chi connectivity index (χ3n) is 4.33. The summed E-state index contributed by atoms with van der Waals surface area (Å²) in [7, 11) is -1.53. The Bertz CT molecular complexity index is 1190. The number of aryl methyl sites for hydroxylation is 1. The zero-order valence-corrected chi connectivity index (χ0v) is 17.8. The molecule has 148 valence electrons. The summed E-state index contributed by atoms with van der Waals surface area (Å²) in [4.78, 5) is 17.6. The van der Waals surface area contributed by atoms with Gasteiger partial charge >= 0.3 is 0 Å². The number of hydrogen-bond acceptors (Lipinski definition) is 5. The largest absolute Gasteiger partial charge is 0.492 e. The first-order valence-electron chi connectivity index (χ1n) is 8.90. The standard InChI is InChI=1S/C20H22N2O4S2/c1-5-26-16-7-6-8-17-18(16)22(4)20(27-17)21-19(23)14-9-11-15(12-10-14)28(24,25)13(2)3/h6-13H,5H2,1-4H3. The van der Waals surface area contributed by atoms with E-state index in [4.69, 9.17) is 4.74 Å². The van der Waals surface area contributed by atoms with Gasteiger partial charge in [0.05, 0.1) is 21.5 Å². The predicted octanol–water partition coefficient (Wildman–Crippen LogP) is 3.56. The highest BCUT2D eigenvalue weighted by molar-refractivity contribution is 7.92. The number of carbonyl (C=O) groups is 1. The summed E-state index contributed by atoms with van der Waals surface area (Å²) in [6, 6.07) is 11.7. The highest BCUT2D eigenvalue weighted by atomic mass is 32.2. The number of nitrogens with zero attached hydrogens (tertiary/aromatic N) is 2. The molecule has 0 radical (unpaired) electrons. The number of hydrogen-bond donors (Lipinski definition) is 0. The molecule has 0 saturated heterocycles. The number of amides is 1. The van der Waals surface area contributed by atoms with Crippen molar-refractivity contribution in [3.05, 3.63) is 52.8 Å². The van der Waals surface area contributed by atoms with Gasteiger partial charge in [-0.1, -0.05) is 17.4 Å². The molecule has 3 aromatic rings. The third kappa shape index (κ3) is 3.74.